The molecule has 7 heteroatoms. The molecule has 0 spiro atoms. The quantitative estimate of drug-likeness (QED) is 0.864. The molecule has 1 aliphatic heterocycles. The molecule has 0 atom stereocenters. The van der Waals surface area contributed by atoms with Crippen molar-refractivity contribution in [1.82, 2.24) is 0 Å². The zero-order valence-electron chi connectivity index (χ0n) is 14.3. The van der Waals surface area contributed by atoms with Crippen molar-refractivity contribution in [3.05, 3.63) is 52.5 Å². The van der Waals surface area contributed by atoms with E-state index in [1.807, 2.05) is 13.0 Å². The van der Waals surface area contributed by atoms with Gasteiger partial charge in [0.2, 0.25) is 5.91 Å². The molecule has 0 saturated heterocycles. The first-order valence-electron chi connectivity index (χ1n) is 8.58. The Morgan fingerprint density at radius 3 is 2.65 bits per heavy atom. The Morgan fingerprint density at radius 2 is 1.96 bits per heavy atom. The maximum Gasteiger partial charge on any atom is 0.261 e. The maximum absolute atomic E-state index is 12.6. The molecule has 26 heavy (non-hydrogen) atoms. The highest BCUT2D eigenvalue weighted by molar-refractivity contribution is 7.92. The first-order valence-corrected chi connectivity index (χ1v) is 10.4. The Balaban J connectivity index is 1.61. The first-order chi connectivity index (χ1) is 12.3. The third-order valence-electron chi connectivity index (χ3n) is 4.88. The van der Waals surface area contributed by atoms with Crippen LogP contribution < -0.4 is 9.62 Å². The van der Waals surface area contributed by atoms with Crippen LogP contribution in [0.2, 0.25) is 5.02 Å². The highest BCUT2D eigenvalue weighted by Crippen LogP contribution is 2.37. The Kier molecular flexibility index (Phi) is 4.20. The number of nitrogens with zero attached hydrogens (tertiary/aromatic N) is 1. The van der Waals surface area contributed by atoms with Gasteiger partial charge in [-0.25, -0.2) is 8.42 Å². The topological polar surface area (TPSA) is 66.5 Å². The van der Waals surface area contributed by atoms with Gasteiger partial charge in [0.05, 0.1) is 10.6 Å². The van der Waals surface area contributed by atoms with Gasteiger partial charge >= 0.3 is 0 Å². The fourth-order valence-electron chi connectivity index (χ4n) is 3.18. The van der Waals surface area contributed by atoms with E-state index in [1.165, 1.54) is 12.1 Å². The van der Waals surface area contributed by atoms with E-state index < -0.39 is 10.0 Å². The van der Waals surface area contributed by atoms with Crippen LogP contribution in [-0.2, 0) is 21.2 Å². The molecule has 0 aromatic heterocycles. The number of fused-ring (bicyclic) bond motifs is 1. The van der Waals surface area contributed by atoms with Gasteiger partial charge in [0.15, 0.2) is 0 Å². The van der Waals surface area contributed by atoms with Gasteiger partial charge in [-0.15, -0.1) is 0 Å². The fourth-order valence-corrected chi connectivity index (χ4v) is 4.50. The zero-order valence-corrected chi connectivity index (χ0v) is 15.9. The van der Waals surface area contributed by atoms with Gasteiger partial charge in [-0.2, -0.15) is 0 Å². The number of sulfonamides is 1. The molecule has 2 aromatic rings. The minimum absolute atomic E-state index is 0.111. The van der Waals surface area contributed by atoms with Gasteiger partial charge in [-0.05, 0) is 61.6 Å². The summed E-state index contributed by atoms with van der Waals surface area (Å²) in [5.74, 6) is 0.282. The molecule has 1 aliphatic carbocycles. The summed E-state index contributed by atoms with van der Waals surface area (Å²) >= 11 is 6.05. The minimum Gasteiger partial charge on any atom is -0.312 e. The van der Waals surface area contributed by atoms with Gasteiger partial charge in [-0.1, -0.05) is 23.7 Å². The number of hydrogen-bond acceptors (Lipinski definition) is 3. The lowest BCUT2D eigenvalue weighted by molar-refractivity contribution is -0.119. The molecule has 136 valence electrons. The molecule has 1 saturated carbocycles. The van der Waals surface area contributed by atoms with Crippen LogP contribution >= 0.6 is 11.6 Å². The summed E-state index contributed by atoms with van der Waals surface area (Å²) in [6.45, 7) is 2.48. The normalized spacial score (nSPS) is 16.5. The van der Waals surface area contributed by atoms with Crippen molar-refractivity contribution in [2.75, 3.05) is 16.2 Å². The van der Waals surface area contributed by atoms with Crippen LogP contribution in [0, 0.1) is 12.8 Å². The average molecular weight is 391 g/mol. The van der Waals surface area contributed by atoms with Crippen LogP contribution in [0.1, 0.15) is 24.0 Å². The van der Waals surface area contributed by atoms with E-state index in [0.717, 1.165) is 36.1 Å². The summed E-state index contributed by atoms with van der Waals surface area (Å²) in [5.41, 5.74) is 3.14. The van der Waals surface area contributed by atoms with Gasteiger partial charge in [0.25, 0.3) is 10.0 Å². The largest absolute Gasteiger partial charge is 0.312 e. The van der Waals surface area contributed by atoms with Crippen LogP contribution in [0.3, 0.4) is 0 Å². The minimum atomic E-state index is -3.75. The predicted octanol–water partition coefficient (Wildman–Crippen LogP) is 3.75. The van der Waals surface area contributed by atoms with Gasteiger partial charge in [0, 0.05) is 23.2 Å². The van der Waals surface area contributed by atoms with E-state index in [2.05, 4.69) is 4.72 Å². The summed E-state index contributed by atoms with van der Waals surface area (Å²) in [5, 5.41) is 0.406. The van der Waals surface area contributed by atoms with Gasteiger partial charge < -0.3 is 4.90 Å². The van der Waals surface area contributed by atoms with E-state index in [0.29, 0.717) is 17.3 Å². The predicted molar refractivity (Wildman–Crippen MR) is 102 cm³/mol. The molecule has 4 rings (SSSR count). The molecule has 2 aliphatic rings. The van der Waals surface area contributed by atoms with E-state index in [-0.39, 0.29) is 16.7 Å². The smallest absolute Gasteiger partial charge is 0.261 e. The van der Waals surface area contributed by atoms with Crippen LogP contribution in [-0.4, -0.2) is 20.9 Å². The van der Waals surface area contributed by atoms with Crippen molar-refractivity contribution < 1.29 is 13.2 Å². The van der Waals surface area contributed by atoms with Crippen LogP contribution in [0.15, 0.2) is 41.3 Å². The molecule has 0 unspecified atom stereocenters. The molecule has 0 bridgehead atoms. The Bertz CT molecular complexity index is 1000. The molecule has 1 amide bonds. The third-order valence-corrected chi connectivity index (χ3v) is 6.67. The molecule has 0 radical (unpaired) electrons. The van der Waals surface area contributed by atoms with Crippen molar-refractivity contribution in [2.24, 2.45) is 5.92 Å². The molecule has 1 heterocycles. The number of amides is 1. The van der Waals surface area contributed by atoms with Crippen molar-refractivity contribution in [2.45, 2.75) is 31.1 Å². The Labute approximate surface area is 158 Å². The van der Waals surface area contributed by atoms with Gasteiger partial charge in [-0.3, -0.25) is 9.52 Å². The zero-order chi connectivity index (χ0) is 18.5. The second kappa shape index (κ2) is 6.28. The molecule has 1 N–H and O–H groups in total. The van der Waals surface area contributed by atoms with E-state index >= 15 is 0 Å². The van der Waals surface area contributed by atoms with Crippen LogP contribution in [0.4, 0.5) is 11.4 Å². The number of halogens is 1. The Hall–Kier alpha value is -2.05. The molecule has 2 aromatic carbocycles. The molecular weight excluding hydrogens is 372 g/mol. The van der Waals surface area contributed by atoms with E-state index in [9.17, 15) is 13.2 Å². The lowest BCUT2D eigenvalue weighted by Gasteiger charge is -2.18. The summed E-state index contributed by atoms with van der Waals surface area (Å²) in [6, 6.07) is 10.0. The summed E-state index contributed by atoms with van der Waals surface area (Å²) in [7, 11) is -3.75. The van der Waals surface area contributed by atoms with Gasteiger partial charge in [0.1, 0.15) is 0 Å². The average Bonchev–Trinajstić information content (AvgIpc) is 3.36. The van der Waals surface area contributed by atoms with E-state index in [1.54, 1.807) is 23.1 Å². The highest BCUT2D eigenvalue weighted by Gasteiger charge is 2.36. The molecule has 5 nitrogen and oxygen atoms in total. The number of carbonyl (C=O) groups excluding carboxylic acids is 1. The summed E-state index contributed by atoms with van der Waals surface area (Å²) in [6.07, 6.45) is 2.70. The van der Waals surface area contributed by atoms with Crippen molar-refractivity contribution in [1.29, 1.82) is 0 Å². The number of hydrogen-bond donors (Lipinski definition) is 1. The number of benzene rings is 2. The van der Waals surface area contributed by atoms with E-state index in [4.69, 9.17) is 11.6 Å². The van der Waals surface area contributed by atoms with Crippen molar-refractivity contribution in [3.63, 3.8) is 0 Å². The molecule has 1 fully saturated rings. The lowest BCUT2D eigenvalue weighted by atomic mass is 10.1. The van der Waals surface area contributed by atoms with Crippen molar-refractivity contribution >= 4 is 38.9 Å². The number of rotatable bonds is 4. The second-order valence-corrected chi connectivity index (χ2v) is 8.96. The number of nitrogens with one attached hydrogen (secondary N) is 1. The SMILES string of the molecule is Cc1ccc(S(=O)(=O)Nc2ccc3c(c2)N(C(=O)C2CC2)CC3)cc1Cl. The van der Waals surface area contributed by atoms with Crippen molar-refractivity contribution in [3.8, 4) is 0 Å². The third kappa shape index (κ3) is 3.19. The lowest BCUT2D eigenvalue weighted by Crippen LogP contribution is -2.30. The number of aryl methyl sites for hydroxylation is 1. The number of anilines is 2. The summed E-state index contributed by atoms with van der Waals surface area (Å²) < 4.78 is 27.9. The highest BCUT2D eigenvalue weighted by atomic mass is 35.5. The van der Waals surface area contributed by atoms with Crippen LogP contribution in [0.5, 0.6) is 0 Å². The molecular formula is C19H19ClN2O3S. The second-order valence-electron chi connectivity index (χ2n) is 6.87. The standard InChI is InChI=1S/C19H19ClN2O3S/c1-12-2-7-16(11-17(12)20)26(24,25)21-15-6-5-13-8-9-22(18(13)10-15)19(23)14-3-4-14/h2,5-7,10-11,14,21H,3-4,8-9H2,1H3. The summed E-state index contributed by atoms with van der Waals surface area (Å²) in [4.78, 5) is 14.3. The monoisotopic (exact) mass is 390 g/mol. The Morgan fingerprint density at radius 1 is 1.19 bits per heavy atom. The fraction of sp³-hybridized carbons (Fsp3) is 0.316. The first kappa shape index (κ1) is 17.4. The van der Waals surface area contributed by atoms with Crippen LogP contribution in [0.25, 0.3) is 0 Å². The maximum atomic E-state index is 12.6. The number of carbonyl (C=O) groups is 1.